The van der Waals surface area contributed by atoms with Gasteiger partial charge in [0, 0.05) is 37.6 Å². The van der Waals surface area contributed by atoms with E-state index >= 15 is 0 Å². The van der Waals surface area contributed by atoms with Crippen LogP contribution in [0.5, 0.6) is 0 Å². The van der Waals surface area contributed by atoms with Crippen LogP contribution in [0.4, 0.5) is 11.4 Å². The SMILES string of the molecule is C=CCN(C(=O)[C@@H]1[C@H]2C(=O)N(CCCCO)C(C(=O)N(CC=C)c3c(C)cccc3C)C23CC[C@@]1(C)O3)c1ccccc1. The predicted molar refractivity (Wildman–Crippen MR) is 168 cm³/mol. The van der Waals surface area contributed by atoms with Crippen LogP contribution in [0.2, 0.25) is 0 Å². The highest BCUT2D eigenvalue weighted by atomic mass is 16.5. The Hall–Kier alpha value is -3.75. The van der Waals surface area contributed by atoms with Crippen molar-refractivity contribution in [2.24, 2.45) is 11.8 Å². The number of aryl methyl sites for hydroxylation is 2. The number of aliphatic hydroxyl groups excluding tert-OH is 1. The smallest absolute Gasteiger partial charge is 0.253 e. The van der Waals surface area contributed by atoms with Crippen molar-refractivity contribution < 1.29 is 24.2 Å². The average Bonchev–Trinajstić information content (AvgIpc) is 3.56. The summed E-state index contributed by atoms with van der Waals surface area (Å²) in [6, 6.07) is 14.4. The molecule has 3 aliphatic rings. The Bertz CT molecular complexity index is 1390. The summed E-state index contributed by atoms with van der Waals surface area (Å²) < 4.78 is 6.88. The molecule has 5 atom stereocenters. The van der Waals surface area contributed by atoms with Gasteiger partial charge in [0.15, 0.2) is 0 Å². The van der Waals surface area contributed by atoms with Gasteiger partial charge in [0.05, 0.1) is 17.4 Å². The number of rotatable bonds is 12. The van der Waals surface area contributed by atoms with Crippen LogP contribution in [0.1, 0.15) is 43.7 Å². The molecule has 3 aliphatic heterocycles. The van der Waals surface area contributed by atoms with Crippen molar-refractivity contribution in [3.05, 3.63) is 85.0 Å². The Kier molecular flexibility index (Phi) is 8.63. The monoisotopic (exact) mass is 585 g/mol. The number of likely N-dealkylation sites (tertiary alicyclic amines) is 1. The molecule has 0 saturated carbocycles. The van der Waals surface area contributed by atoms with Crippen molar-refractivity contribution in [3.8, 4) is 0 Å². The number of amides is 3. The van der Waals surface area contributed by atoms with Crippen LogP contribution < -0.4 is 9.80 Å². The number of nitrogens with zero attached hydrogens (tertiary/aromatic N) is 3. The first kappa shape index (κ1) is 30.7. The van der Waals surface area contributed by atoms with Crippen LogP contribution in [0.15, 0.2) is 73.8 Å². The number of unbranched alkanes of at least 4 members (excludes halogenated alkanes) is 1. The Morgan fingerprint density at radius 2 is 1.63 bits per heavy atom. The van der Waals surface area contributed by atoms with Crippen LogP contribution in [0.25, 0.3) is 0 Å². The lowest BCUT2D eigenvalue weighted by Crippen LogP contribution is -2.57. The Morgan fingerprint density at radius 1 is 0.977 bits per heavy atom. The van der Waals surface area contributed by atoms with Gasteiger partial charge in [-0.1, -0.05) is 48.6 Å². The topological polar surface area (TPSA) is 90.4 Å². The minimum Gasteiger partial charge on any atom is -0.396 e. The van der Waals surface area contributed by atoms with E-state index in [0.717, 1.165) is 22.5 Å². The molecule has 2 aromatic rings. The zero-order chi connectivity index (χ0) is 30.9. The molecule has 1 N–H and O–H groups in total. The van der Waals surface area contributed by atoms with Gasteiger partial charge in [0.1, 0.15) is 11.6 Å². The molecule has 228 valence electrons. The number of benzene rings is 2. The lowest BCUT2D eigenvalue weighted by atomic mass is 9.66. The van der Waals surface area contributed by atoms with Gasteiger partial charge in [-0.2, -0.15) is 0 Å². The number of hydrogen-bond acceptors (Lipinski definition) is 5. The molecule has 2 aromatic carbocycles. The number of aliphatic hydroxyl groups is 1. The third kappa shape index (κ3) is 5.00. The molecule has 8 heteroatoms. The van der Waals surface area contributed by atoms with E-state index in [4.69, 9.17) is 4.74 Å². The first-order chi connectivity index (χ1) is 20.6. The Morgan fingerprint density at radius 3 is 2.26 bits per heavy atom. The number of para-hydroxylation sites is 2. The molecule has 3 saturated heterocycles. The van der Waals surface area contributed by atoms with Gasteiger partial charge in [-0.25, -0.2) is 0 Å². The molecule has 3 fully saturated rings. The van der Waals surface area contributed by atoms with E-state index in [0.29, 0.717) is 32.2 Å². The molecule has 2 unspecified atom stereocenters. The predicted octanol–water partition coefficient (Wildman–Crippen LogP) is 4.58. The molecule has 0 radical (unpaired) electrons. The molecule has 43 heavy (non-hydrogen) atoms. The molecular formula is C35H43N3O5. The second-order valence-electron chi connectivity index (χ2n) is 12.2. The maximum Gasteiger partial charge on any atom is 0.253 e. The minimum absolute atomic E-state index is 0.0104. The van der Waals surface area contributed by atoms with Crippen LogP contribution in [-0.4, -0.2) is 71.2 Å². The summed E-state index contributed by atoms with van der Waals surface area (Å²) in [6.45, 7) is 14.5. The fourth-order valence-corrected chi connectivity index (χ4v) is 7.74. The number of hydrogen-bond donors (Lipinski definition) is 1. The maximum atomic E-state index is 14.8. The van der Waals surface area contributed by atoms with Crippen molar-refractivity contribution in [2.45, 2.75) is 63.7 Å². The maximum absolute atomic E-state index is 14.8. The minimum atomic E-state index is -1.14. The van der Waals surface area contributed by atoms with Crippen LogP contribution in [0.3, 0.4) is 0 Å². The molecule has 2 bridgehead atoms. The van der Waals surface area contributed by atoms with Gasteiger partial charge in [0.2, 0.25) is 11.8 Å². The zero-order valence-corrected chi connectivity index (χ0v) is 25.5. The highest BCUT2D eigenvalue weighted by Crippen LogP contribution is 2.63. The Labute approximate surface area is 254 Å². The first-order valence-electron chi connectivity index (χ1n) is 15.2. The van der Waals surface area contributed by atoms with Crippen LogP contribution in [0, 0.1) is 25.7 Å². The molecule has 8 nitrogen and oxygen atoms in total. The van der Waals surface area contributed by atoms with E-state index in [-0.39, 0.29) is 37.4 Å². The summed E-state index contributed by atoms with van der Waals surface area (Å²) in [5, 5.41) is 9.51. The summed E-state index contributed by atoms with van der Waals surface area (Å²) in [5.74, 6) is -2.23. The van der Waals surface area contributed by atoms with E-state index < -0.39 is 29.1 Å². The van der Waals surface area contributed by atoms with Gasteiger partial charge in [-0.05, 0) is 69.7 Å². The van der Waals surface area contributed by atoms with Gasteiger partial charge in [-0.15, -0.1) is 13.2 Å². The highest BCUT2D eigenvalue weighted by molar-refractivity contribution is 6.07. The van der Waals surface area contributed by atoms with Crippen molar-refractivity contribution in [1.82, 2.24) is 4.90 Å². The van der Waals surface area contributed by atoms with E-state index in [9.17, 15) is 19.5 Å². The summed E-state index contributed by atoms with van der Waals surface area (Å²) in [4.78, 5) is 48.9. The number of carbonyl (C=O) groups is 3. The lowest BCUT2D eigenvalue weighted by molar-refractivity contribution is -0.144. The number of carbonyl (C=O) groups excluding carboxylic acids is 3. The molecule has 0 aliphatic carbocycles. The molecular weight excluding hydrogens is 542 g/mol. The van der Waals surface area contributed by atoms with Crippen molar-refractivity contribution >= 4 is 29.1 Å². The Balaban J connectivity index is 1.60. The summed E-state index contributed by atoms with van der Waals surface area (Å²) in [7, 11) is 0. The van der Waals surface area contributed by atoms with Gasteiger partial charge in [0.25, 0.3) is 5.91 Å². The van der Waals surface area contributed by atoms with Crippen molar-refractivity contribution in [3.63, 3.8) is 0 Å². The standard InChI is InChI=1S/C35H43N3O5/c1-6-20-36(26-16-9-8-10-17-26)31(40)27-28-32(41)38(22-11-12-23-39)30(35(28)19-18-34(27,5)43-35)33(42)37(21-7-2)29-24(3)14-13-15-25(29)4/h6-10,13-17,27-28,30,39H,1-2,11-12,18-23H2,3-5H3/t27-,28-,30?,34+,35?/m0/s1. The average molecular weight is 586 g/mol. The molecule has 0 aromatic heterocycles. The van der Waals surface area contributed by atoms with Crippen molar-refractivity contribution in [2.75, 3.05) is 36.0 Å². The van der Waals surface area contributed by atoms with E-state index in [1.165, 1.54) is 0 Å². The number of fused-ring (bicyclic) bond motifs is 1. The summed E-state index contributed by atoms with van der Waals surface area (Å²) in [5.41, 5.74) is 1.36. The fraction of sp³-hybridized carbons (Fsp3) is 0.457. The normalized spacial score (nSPS) is 27.2. The number of ether oxygens (including phenoxy) is 1. The quantitative estimate of drug-likeness (QED) is 0.291. The van der Waals surface area contributed by atoms with E-state index in [2.05, 4.69) is 13.2 Å². The molecule has 3 amide bonds. The summed E-state index contributed by atoms with van der Waals surface area (Å²) in [6.07, 6.45) is 5.46. The third-order valence-electron chi connectivity index (χ3n) is 9.52. The second-order valence-corrected chi connectivity index (χ2v) is 12.2. The number of anilines is 2. The molecule has 1 spiro atoms. The molecule has 5 rings (SSSR count). The third-order valence-corrected chi connectivity index (χ3v) is 9.52. The summed E-state index contributed by atoms with van der Waals surface area (Å²) >= 11 is 0. The fourth-order valence-electron chi connectivity index (χ4n) is 7.74. The van der Waals surface area contributed by atoms with Crippen LogP contribution in [-0.2, 0) is 19.1 Å². The van der Waals surface area contributed by atoms with Crippen LogP contribution >= 0.6 is 0 Å². The lowest BCUT2D eigenvalue weighted by Gasteiger charge is -2.37. The van der Waals surface area contributed by atoms with Gasteiger partial charge in [-0.3, -0.25) is 14.4 Å². The largest absolute Gasteiger partial charge is 0.396 e. The van der Waals surface area contributed by atoms with E-state index in [1.807, 2.05) is 69.3 Å². The van der Waals surface area contributed by atoms with Gasteiger partial charge < -0.3 is 24.5 Å². The highest BCUT2D eigenvalue weighted by Gasteiger charge is 2.78. The first-order valence-corrected chi connectivity index (χ1v) is 15.2. The zero-order valence-electron chi connectivity index (χ0n) is 25.5. The van der Waals surface area contributed by atoms with Gasteiger partial charge >= 0.3 is 0 Å². The molecule has 3 heterocycles. The van der Waals surface area contributed by atoms with E-state index in [1.54, 1.807) is 26.9 Å². The van der Waals surface area contributed by atoms with Crippen molar-refractivity contribution in [1.29, 1.82) is 0 Å². The second kappa shape index (κ2) is 12.1.